The molecule has 0 aliphatic carbocycles. The molecule has 0 saturated carbocycles. The number of fused-ring (bicyclic) bond motifs is 13. The Kier molecular flexibility index (Phi) is 11.2. The fourth-order valence-electron chi connectivity index (χ4n) is 13.5. The van der Waals surface area contributed by atoms with Crippen LogP contribution in [0.25, 0.3) is 121 Å². The van der Waals surface area contributed by atoms with Gasteiger partial charge in [-0.25, -0.2) is 0 Å². The van der Waals surface area contributed by atoms with Crippen LogP contribution in [0.5, 0.6) is 0 Å². The van der Waals surface area contributed by atoms with Crippen molar-refractivity contribution in [3.8, 4) is 33.6 Å². The van der Waals surface area contributed by atoms with Gasteiger partial charge in [0.25, 0.3) is 0 Å². The molecular formula is C80H52N4O. The third-order valence-corrected chi connectivity index (χ3v) is 17.2. The van der Waals surface area contributed by atoms with Crippen molar-refractivity contribution in [1.29, 1.82) is 0 Å². The summed E-state index contributed by atoms with van der Waals surface area (Å²) < 4.78 is 12.3. The van der Waals surface area contributed by atoms with Gasteiger partial charge < -0.3 is 23.4 Å². The summed E-state index contributed by atoms with van der Waals surface area (Å²) in [5, 5.41) is 11.5. The molecule has 17 rings (SSSR count). The fourth-order valence-corrected chi connectivity index (χ4v) is 13.5. The Bertz CT molecular complexity index is 4950. The Morgan fingerprint density at radius 2 is 0.529 bits per heavy atom. The number of anilines is 6. The minimum atomic E-state index is 0.838. The van der Waals surface area contributed by atoms with Crippen molar-refractivity contribution in [3.63, 3.8) is 0 Å². The lowest BCUT2D eigenvalue weighted by Gasteiger charge is -2.25. The highest BCUT2D eigenvalue weighted by molar-refractivity contribution is 6.33. The maximum absolute atomic E-state index is 7.47. The van der Waals surface area contributed by atoms with Gasteiger partial charge in [-0.3, -0.25) is 0 Å². The lowest BCUT2D eigenvalue weighted by atomic mass is 9.90. The average Bonchev–Trinajstić information content (AvgIpc) is 1.68. The summed E-state index contributed by atoms with van der Waals surface area (Å²) in [5.74, 6) is 0. The summed E-state index contributed by atoms with van der Waals surface area (Å²) >= 11 is 0. The second-order valence-corrected chi connectivity index (χ2v) is 22.0. The minimum Gasteiger partial charge on any atom is -0.456 e. The summed E-state index contributed by atoms with van der Waals surface area (Å²) in [5.41, 5.74) is 19.4. The van der Waals surface area contributed by atoms with Gasteiger partial charge in [0, 0.05) is 77.8 Å². The third kappa shape index (κ3) is 7.86. The molecule has 398 valence electrons. The molecule has 3 aromatic heterocycles. The third-order valence-electron chi connectivity index (χ3n) is 17.2. The molecule has 0 aliphatic heterocycles. The number of aromatic nitrogens is 2. The molecule has 17 aromatic rings. The molecule has 0 amide bonds. The first-order chi connectivity index (χ1) is 42.2. The number of nitrogens with zero attached hydrogens (tertiary/aromatic N) is 4. The minimum absolute atomic E-state index is 0.838. The predicted octanol–water partition coefficient (Wildman–Crippen LogP) is 22.4. The largest absolute Gasteiger partial charge is 0.456 e. The van der Waals surface area contributed by atoms with E-state index in [-0.39, 0.29) is 0 Å². The van der Waals surface area contributed by atoms with E-state index in [0.29, 0.717) is 0 Å². The van der Waals surface area contributed by atoms with E-state index in [2.05, 4.69) is 334 Å². The van der Waals surface area contributed by atoms with Gasteiger partial charge in [-0.2, -0.15) is 0 Å². The van der Waals surface area contributed by atoms with Gasteiger partial charge in [-0.05, 0) is 189 Å². The molecule has 0 aliphatic rings. The van der Waals surface area contributed by atoms with Gasteiger partial charge in [0.05, 0.1) is 22.1 Å². The van der Waals surface area contributed by atoms with Crippen LogP contribution in [0.1, 0.15) is 0 Å². The molecule has 0 radical (unpaired) electrons. The van der Waals surface area contributed by atoms with Gasteiger partial charge in [-0.1, -0.05) is 170 Å². The van der Waals surface area contributed by atoms with E-state index in [1.165, 1.54) is 21.5 Å². The van der Waals surface area contributed by atoms with Crippen molar-refractivity contribution >= 4 is 121 Å². The first-order valence-corrected chi connectivity index (χ1v) is 29.1. The molecule has 5 nitrogen and oxygen atoms in total. The average molecular weight is 1090 g/mol. The van der Waals surface area contributed by atoms with Crippen LogP contribution < -0.4 is 9.80 Å². The van der Waals surface area contributed by atoms with Crippen LogP contribution in [-0.4, -0.2) is 9.13 Å². The summed E-state index contributed by atoms with van der Waals surface area (Å²) in [6, 6.07) is 114. The zero-order chi connectivity index (χ0) is 56.0. The van der Waals surface area contributed by atoms with Crippen molar-refractivity contribution in [2.45, 2.75) is 0 Å². The summed E-state index contributed by atoms with van der Waals surface area (Å²) in [6.07, 6.45) is 0. The number of benzene rings is 14. The summed E-state index contributed by atoms with van der Waals surface area (Å²) in [7, 11) is 0. The fraction of sp³-hybridized carbons (Fsp3) is 0. The Hall–Kier alpha value is -11.4. The van der Waals surface area contributed by atoms with Crippen LogP contribution in [0.2, 0.25) is 0 Å². The number of para-hydroxylation sites is 8. The van der Waals surface area contributed by atoms with Crippen LogP contribution in [0.3, 0.4) is 0 Å². The van der Waals surface area contributed by atoms with Crippen LogP contribution in [0.4, 0.5) is 34.1 Å². The normalized spacial score (nSPS) is 11.8. The molecule has 0 saturated heterocycles. The SMILES string of the molecule is c1ccc(N(c2ccccc2)c2ccc(-c3cc4oc5cc(-c6ccc(N(c7ccccc7)c7ccccc7)cc6)c6cc7c(cc6c5c4c4cc5c6ccccc6n(-c6ccccc6)c5cc34)c3ccccc3n7-c3ccccc3)cc2)cc1. The standard InChI is InChI=1S/C80H52N4O/c1-7-23-55(24-8-1)81(56-25-9-2-10-26-56)61-43-39-53(40-44-61)65-51-77-79(71-47-69-63-35-19-21-37-73(63)83(75(69)49-67(65)71)59-31-15-5-16-32-59)80-72-48-70-64-36-20-22-38-74(64)84(60-33-17-6-18-34-60)76(70)50-68(72)66(52-78(80)85-77)54-41-45-62(46-42-54)82(57-27-11-3-12-28-57)58-29-13-4-14-30-58/h1-52H. The molecule has 14 aromatic carbocycles. The first kappa shape index (κ1) is 48.3. The highest BCUT2D eigenvalue weighted by atomic mass is 16.3. The molecule has 0 bridgehead atoms. The van der Waals surface area contributed by atoms with E-state index in [1.807, 2.05) is 0 Å². The van der Waals surface area contributed by atoms with E-state index >= 15 is 0 Å². The van der Waals surface area contributed by atoms with E-state index in [0.717, 1.165) is 133 Å². The lowest BCUT2D eigenvalue weighted by molar-refractivity contribution is 0.670. The lowest BCUT2D eigenvalue weighted by Crippen LogP contribution is -2.09. The van der Waals surface area contributed by atoms with E-state index < -0.39 is 0 Å². The van der Waals surface area contributed by atoms with E-state index in [9.17, 15) is 0 Å². The molecular weight excluding hydrogens is 1030 g/mol. The zero-order valence-corrected chi connectivity index (χ0v) is 46.2. The van der Waals surface area contributed by atoms with Crippen molar-refractivity contribution in [1.82, 2.24) is 9.13 Å². The number of hydrogen-bond acceptors (Lipinski definition) is 3. The van der Waals surface area contributed by atoms with Crippen molar-refractivity contribution in [2.24, 2.45) is 0 Å². The smallest absolute Gasteiger partial charge is 0.136 e. The summed E-state index contributed by atoms with van der Waals surface area (Å²) in [4.78, 5) is 4.64. The Morgan fingerprint density at radius 1 is 0.224 bits per heavy atom. The second kappa shape index (κ2) is 19.7. The molecule has 3 heterocycles. The second-order valence-electron chi connectivity index (χ2n) is 22.0. The van der Waals surface area contributed by atoms with Crippen molar-refractivity contribution in [2.75, 3.05) is 9.80 Å². The highest BCUT2D eigenvalue weighted by Gasteiger charge is 2.25. The number of rotatable bonds is 10. The topological polar surface area (TPSA) is 29.5 Å². The maximum Gasteiger partial charge on any atom is 0.136 e. The van der Waals surface area contributed by atoms with Crippen LogP contribution in [-0.2, 0) is 0 Å². The molecule has 5 heteroatoms. The first-order valence-electron chi connectivity index (χ1n) is 29.1. The Labute approximate surface area is 490 Å². The highest BCUT2D eigenvalue weighted by Crippen LogP contribution is 2.50. The van der Waals surface area contributed by atoms with Crippen LogP contribution in [0.15, 0.2) is 320 Å². The van der Waals surface area contributed by atoms with Gasteiger partial charge in [-0.15, -0.1) is 0 Å². The van der Waals surface area contributed by atoms with Crippen molar-refractivity contribution in [3.05, 3.63) is 315 Å². The maximum atomic E-state index is 7.47. The molecule has 0 atom stereocenters. The monoisotopic (exact) mass is 1080 g/mol. The quantitative estimate of drug-likeness (QED) is 0.137. The Balaban J connectivity index is 0.959. The van der Waals surface area contributed by atoms with E-state index in [4.69, 9.17) is 4.42 Å². The van der Waals surface area contributed by atoms with Gasteiger partial charge >= 0.3 is 0 Å². The summed E-state index contributed by atoms with van der Waals surface area (Å²) in [6.45, 7) is 0. The van der Waals surface area contributed by atoms with Gasteiger partial charge in [0.15, 0.2) is 0 Å². The zero-order valence-electron chi connectivity index (χ0n) is 46.2. The number of furan rings is 1. The molecule has 85 heavy (non-hydrogen) atoms. The van der Waals surface area contributed by atoms with E-state index in [1.54, 1.807) is 0 Å². The molecule has 0 spiro atoms. The van der Waals surface area contributed by atoms with Crippen LogP contribution in [0, 0.1) is 0 Å². The van der Waals surface area contributed by atoms with Crippen LogP contribution >= 0.6 is 0 Å². The molecule has 0 unspecified atom stereocenters. The number of hydrogen-bond donors (Lipinski definition) is 0. The van der Waals surface area contributed by atoms with Gasteiger partial charge in [0.2, 0.25) is 0 Å². The van der Waals surface area contributed by atoms with Gasteiger partial charge in [0.1, 0.15) is 11.2 Å². The Morgan fingerprint density at radius 3 is 0.882 bits per heavy atom. The molecule has 0 fully saturated rings. The molecule has 0 N–H and O–H groups in total. The predicted molar refractivity (Wildman–Crippen MR) is 358 cm³/mol. The van der Waals surface area contributed by atoms with Crippen molar-refractivity contribution < 1.29 is 4.42 Å².